The maximum absolute atomic E-state index is 12.6. The summed E-state index contributed by atoms with van der Waals surface area (Å²) in [7, 11) is 3.31. The molecule has 4 nitrogen and oxygen atoms in total. The lowest BCUT2D eigenvalue weighted by atomic mass is 10.1. The van der Waals surface area contributed by atoms with E-state index in [2.05, 4.69) is 6.07 Å². The van der Waals surface area contributed by atoms with Gasteiger partial charge < -0.3 is 14.4 Å². The van der Waals surface area contributed by atoms with E-state index in [0.717, 1.165) is 0 Å². The molecule has 0 aliphatic heterocycles. The number of thiophene rings is 1. The Kier molecular flexibility index (Phi) is 5.91. The van der Waals surface area contributed by atoms with Crippen LogP contribution in [0.3, 0.4) is 0 Å². The minimum Gasteiger partial charge on any atom is -0.493 e. The highest BCUT2D eigenvalue weighted by Crippen LogP contribution is 2.36. The van der Waals surface area contributed by atoms with Gasteiger partial charge in [0, 0.05) is 17.5 Å². The van der Waals surface area contributed by atoms with Gasteiger partial charge in [0.25, 0.3) is 5.91 Å². The molecule has 2 aromatic rings. The molecule has 2 rings (SSSR count). The quantitative estimate of drug-likeness (QED) is 0.773. The van der Waals surface area contributed by atoms with E-state index in [-0.39, 0.29) is 5.91 Å². The Balaban J connectivity index is 2.25. The van der Waals surface area contributed by atoms with Crippen molar-refractivity contribution in [2.45, 2.75) is 20.4 Å². The Labute approximate surface area is 145 Å². The van der Waals surface area contributed by atoms with E-state index >= 15 is 0 Å². The third-order valence-electron chi connectivity index (χ3n) is 3.46. The van der Waals surface area contributed by atoms with Gasteiger partial charge in [0.15, 0.2) is 11.5 Å². The molecule has 0 atom stereocenters. The SMILES string of the molecule is CCOc1c(Cl)cc(C(=O)N(C)Cc2sccc2C)cc1OC. The highest BCUT2D eigenvalue weighted by molar-refractivity contribution is 7.10. The van der Waals surface area contributed by atoms with Gasteiger partial charge in [-0.2, -0.15) is 0 Å². The summed E-state index contributed by atoms with van der Waals surface area (Å²) in [5, 5.41) is 2.40. The van der Waals surface area contributed by atoms with Gasteiger partial charge in [0.1, 0.15) is 0 Å². The molecule has 23 heavy (non-hydrogen) atoms. The van der Waals surface area contributed by atoms with Crippen LogP contribution in [-0.4, -0.2) is 31.6 Å². The molecule has 0 spiro atoms. The molecule has 0 saturated heterocycles. The van der Waals surface area contributed by atoms with Crippen LogP contribution in [0.4, 0.5) is 0 Å². The van der Waals surface area contributed by atoms with Crippen molar-refractivity contribution in [3.63, 3.8) is 0 Å². The van der Waals surface area contributed by atoms with Crippen molar-refractivity contribution in [1.82, 2.24) is 4.90 Å². The summed E-state index contributed by atoms with van der Waals surface area (Å²) in [5.74, 6) is 0.814. The highest BCUT2D eigenvalue weighted by Gasteiger charge is 2.19. The monoisotopic (exact) mass is 353 g/mol. The summed E-state index contributed by atoms with van der Waals surface area (Å²) in [6.07, 6.45) is 0. The molecule has 0 N–H and O–H groups in total. The fourth-order valence-electron chi connectivity index (χ4n) is 2.20. The number of carbonyl (C=O) groups is 1. The third kappa shape index (κ3) is 3.98. The van der Waals surface area contributed by atoms with Crippen LogP contribution in [0.25, 0.3) is 0 Å². The lowest BCUT2D eigenvalue weighted by molar-refractivity contribution is 0.0786. The number of nitrogens with zero attached hydrogens (tertiary/aromatic N) is 1. The number of aryl methyl sites for hydroxylation is 1. The predicted octanol–water partition coefficient (Wildman–Crippen LogP) is 4.39. The number of hydrogen-bond donors (Lipinski definition) is 0. The smallest absolute Gasteiger partial charge is 0.254 e. The average Bonchev–Trinajstić information content (AvgIpc) is 2.93. The Morgan fingerprint density at radius 3 is 2.70 bits per heavy atom. The Morgan fingerprint density at radius 1 is 1.39 bits per heavy atom. The van der Waals surface area contributed by atoms with Crippen molar-refractivity contribution in [2.24, 2.45) is 0 Å². The summed E-state index contributed by atoms with van der Waals surface area (Å²) in [6, 6.07) is 5.33. The minimum absolute atomic E-state index is 0.110. The molecular weight excluding hydrogens is 334 g/mol. The van der Waals surface area contributed by atoms with Crippen LogP contribution in [0.15, 0.2) is 23.6 Å². The summed E-state index contributed by atoms with van der Waals surface area (Å²) in [6.45, 7) is 4.95. The Morgan fingerprint density at radius 2 is 2.13 bits per heavy atom. The number of benzene rings is 1. The summed E-state index contributed by atoms with van der Waals surface area (Å²) >= 11 is 7.88. The number of methoxy groups -OCH3 is 1. The van der Waals surface area contributed by atoms with E-state index in [1.165, 1.54) is 17.6 Å². The first-order chi connectivity index (χ1) is 11.0. The van der Waals surface area contributed by atoms with Gasteiger partial charge in [-0.1, -0.05) is 11.6 Å². The van der Waals surface area contributed by atoms with Crippen molar-refractivity contribution in [2.75, 3.05) is 20.8 Å². The van der Waals surface area contributed by atoms with Crippen molar-refractivity contribution in [1.29, 1.82) is 0 Å². The maximum atomic E-state index is 12.6. The van der Waals surface area contributed by atoms with Crippen LogP contribution < -0.4 is 9.47 Å². The molecule has 1 aromatic heterocycles. The van der Waals surface area contributed by atoms with Gasteiger partial charge in [-0.15, -0.1) is 11.3 Å². The zero-order chi connectivity index (χ0) is 17.0. The number of rotatable bonds is 6. The molecule has 6 heteroatoms. The van der Waals surface area contributed by atoms with Gasteiger partial charge in [-0.3, -0.25) is 4.79 Å². The van der Waals surface area contributed by atoms with Crippen molar-refractivity contribution in [3.05, 3.63) is 44.6 Å². The van der Waals surface area contributed by atoms with E-state index in [9.17, 15) is 4.79 Å². The van der Waals surface area contributed by atoms with E-state index < -0.39 is 0 Å². The van der Waals surface area contributed by atoms with Crippen molar-refractivity contribution in [3.8, 4) is 11.5 Å². The second-order valence-corrected chi connectivity index (χ2v) is 6.52. The minimum atomic E-state index is -0.110. The van der Waals surface area contributed by atoms with Crippen LogP contribution in [0, 0.1) is 6.92 Å². The molecule has 0 aliphatic carbocycles. The summed E-state index contributed by atoms with van der Waals surface area (Å²) < 4.78 is 10.8. The van der Waals surface area contributed by atoms with Crippen LogP contribution in [0.5, 0.6) is 11.5 Å². The maximum Gasteiger partial charge on any atom is 0.254 e. The third-order valence-corrected chi connectivity index (χ3v) is 4.75. The largest absolute Gasteiger partial charge is 0.493 e. The molecule has 0 saturated carbocycles. The second-order valence-electron chi connectivity index (χ2n) is 5.11. The molecule has 0 radical (unpaired) electrons. The van der Waals surface area contributed by atoms with E-state index in [0.29, 0.717) is 35.2 Å². The van der Waals surface area contributed by atoms with E-state index in [1.54, 1.807) is 35.4 Å². The van der Waals surface area contributed by atoms with Crippen molar-refractivity contribution >= 4 is 28.8 Å². The highest BCUT2D eigenvalue weighted by atomic mass is 35.5. The predicted molar refractivity (Wildman–Crippen MR) is 94.0 cm³/mol. The Hall–Kier alpha value is -1.72. The molecule has 1 aromatic carbocycles. The normalized spacial score (nSPS) is 10.5. The van der Waals surface area contributed by atoms with Crippen LogP contribution in [-0.2, 0) is 6.54 Å². The number of ether oxygens (including phenoxy) is 2. The number of amides is 1. The second kappa shape index (κ2) is 7.70. The molecule has 124 valence electrons. The zero-order valence-corrected chi connectivity index (χ0v) is 15.3. The first kappa shape index (κ1) is 17.6. The lowest BCUT2D eigenvalue weighted by Gasteiger charge is -2.19. The molecule has 1 amide bonds. The van der Waals surface area contributed by atoms with Gasteiger partial charge >= 0.3 is 0 Å². The van der Waals surface area contributed by atoms with Crippen LogP contribution >= 0.6 is 22.9 Å². The molecule has 0 unspecified atom stereocenters. The number of carbonyl (C=O) groups excluding carboxylic acids is 1. The molecular formula is C17H20ClNO3S. The Bertz CT molecular complexity index is 699. The van der Waals surface area contributed by atoms with Gasteiger partial charge in [-0.25, -0.2) is 0 Å². The number of halogens is 1. The molecule has 0 aliphatic rings. The van der Waals surface area contributed by atoms with E-state index in [4.69, 9.17) is 21.1 Å². The average molecular weight is 354 g/mol. The van der Waals surface area contributed by atoms with Crippen LogP contribution in [0.2, 0.25) is 5.02 Å². The summed E-state index contributed by atoms with van der Waals surface area (Å²) in [4.78, 5) is 15.5. The first-order valence-corrected chi connectivity index (χ1v) is 8.52. The molecule has 0 bridgehead atoms. The zero-order valence-electron chi connectivity index (χ0n) is 13.7. The first-order valence-electron chi connectivity index (χ1n) is 7.26. The summed E-state index contributed by atoms with van der Waals surface area (Å²) in [5.41, 5.74) is 1.67. The number of hydrogen-bond acceptors (Lipinski definition) is 4. The fourth-order valence-corrected chi connectivity index (χ4v) is 3.43. The fraction of sp³-hybridized carbons (Fsp3) is 0.353. The van der Waals surface area contributed by atoms with Gasteiger partial charge in [0.05, 0.1) is 25.3 Å². The van der Waals surface area contributed by atoms with E-state index in [1.807, 2.05) is 19.2 Å². The lowest BCUT2D eigenvalue weighted by Crippen LogP contribution is -2.26. The van der Waals surface area contributed by atoms with Crippen LogP contribution in [0.1, 0.15) is 27.7 Å². The van der Waals surface area contributed by atoms with Gasteiger partial charge in [0.2, 0.25) is 0 Å². The van der Waals surface area contributed by atoms with Crippen molar-refractivity contribution < 1.29 is 14.3 Å². The standard InChI is InChI=1S/C17H20ClNO3S/c1-5-22-16-13(18)8-12(9-14(16)21-4)17(20)19(3)10-15-11(2)6-7-23-15/h6-9H,5,10H2,1-4H3. The topological polar surface area (TPSA) is 38.8 Å². The molecule has 0 fully saturated rings. The van der Waals surface area contributed by atoms with Gasteiger partial charge in [-0.05, 0) is 43.0 Å². The molecule has 1 heterocycles.